The molecule has 2 atom stereocenters. The number of nitrogens with one attached hydrogen (secondary N) is 1. The van der Waals surface area contributed by atoms with Gasteiger partial charge < -0.3 is 21.1 Å². The first-order valence-electron chi connectivity index (χ1n) is 9.57. The first-order chi connectivity index (χ1) is 15.6. The predicted octanol–water partition coefficient (Wildman–Crippen LogP) is 4.61. The molecule has 1 amide bonds. The Balaban J connectivity index is 1.94. The van der Waals surface area contributed by atoms with E-state index in [1.54, 1.807) is 24.3 Å². The fourth-order valence-corrected chi connectivity index (χ4v) is 3.96. The van der Waals surface area contributed by atoms with Crippen molar-refractivity contribution in [3.63, 3.8) is 0 Å². The standard InChI is InChI=1S/C22H16ClF3N4O3/c23-14-6-4-11(5-7-14)20-29-19-17(15(21(32)33)8-9-28-19)30(20)16(18(27)31)12-2-1-3-13(10-12)22(24,25)26/h1-10,16,20H,(H2,27,31)(H,28,29)(H,32,33). The lowest BCUT2D eigenvalue weighted by molar-refractivity contribution is -0.137. The van der Waals surface area contributed by atoms with Gasteiger partial charge in [0.2, 0.25) is 5.91 Å². The number of hydrogen-bond donors (Lipinski definition) is 3. The van der Waals surface area contributed by atoms with Crippen LogP contribution in [0.3, 0.4) is 0 Å². The molecule has 1 aliphatic rings. The number of carboxylic acid groups (broad SMARTS) is 1. The van der Waals surface area contributed by atoms with Gasteiger partial charge in [-0.2, -0.15) is 13.2 Å². The van der Waals surface area contributed by atoms with Gasteiger partial charge in [-0.15, -0.1) is 0 Å². The number of hydrogen-bond acceptors (Lipinski definition) is 5. The number of benzene rings is 2. The zero-order chi connectivity index (χ0) is 23.9. The van der Waals surface area contributed by atoms with Gasteiger partial charge in [0.15, 0.2) is 5.82 Å². The van der Waals surface area contributed by atoms with Gasteiger partial charge >= 0.3 is 12.1 Å². The molecule has 7 nitrogen and oxygen atoms in total. The smallest absolute Gasteiger partial charge is 0.416 e. The van der Waals surface area contributed by atoms with Crippen LogP contribution in [0, 0.1) is 0 Å². The highest BCUT2D eigenvalue weighted by Crippen LogP contribution is 2.47. The lowest BCUT2D eigenvalue weighted by Gasteiger charge is -2.34. The summed E-state index contributed by atoms with van der Waals surface area (Å²) in [5, 5.41) is 13.2. The average molecular weight is 477 g/mol. The summed E-state index contributed by atoms with van der Waals surface area (Å²) in [7, 11) is 0. The molecule has 170 valence electrons. The third-order valence-electron chi connectivity index (χ3n) is 5.23. The third kappa shape index (κ3) is 4.17. The summed E-state index contributed by atoms with van der Waals surface area (Å²) in [5.41, 5.74) is 5.06. The van der Waals surface area contributed by atoms with E-state index in [2.05, 4.69) is 10.3 Å². The summed E-state index contributed by atoms with van der Waals surface area (Å²) in [5.74, 6) is -2.12. The maximum Gasteiger partial charge on any atom is 0.416 e. The number of nitrogens with two attached hydrogens (primary N) is 1. The molecule has 0 spiro atoms. The van der Waals surface area contributed by atoms with Crippen LogP contribution in [0.1, 0.15) is 39.3 Å². The van der Waals surface area contributed by atoms with Crippen molar-refractivity contribution in [1.82, 2.24) is 4.98 Å². The molecule has 2 aromatic carbocycles. The number of halogens is 4. The van der Waals surface area contributed by atoms with Crippen LogP contribution < -0.4 is 16.0 Å². The topological polar surface area (TPSA) is 109 Å². The molecule has 1 aromatic heterocycles. The first kappa shape index (κ1) is 22.4. The average Bonchev–Trinajstić information content (AvgIpc) is 3.13. The molecular weight excluding hydrogens is 461 g/mol. The number of carbonyl (C=O) groups excluding carboxylic acids is 1. The van der Waals surface area contributed by atoms with Crippen molar-refractivity contribution in [3.05, 3.63) is 88.1 Å². The largest absolute Gasteiger partial charge is 0.478 e. The Morgan fingerprint density at radius 2 is 1.85 bits per heavy atom. The molecule has 4 N–H and O–H groups in total. The van der Waals surface area contributed by atoms with Crippen LogP contribution in [-0.4, -0.2) is 22.0 Å². The molecule has 33 heavy (non-hydrogen) atoms. The molecule has 0 bridgehead atoms. The van der Waals surface area contributed by atoms with Crippen LogP contribution in [-0.2, 0) is 11.0 Å². The van der Waals surface area contributed by atoms with Gasteiger partial charge in [-0.3, -0.25) is 4.79 Å². The van der Waals surface area contributed by atoms with E-state index in [-0.39, 0.29) is 22.6 Å². The second-order valence-corrected chi connectivity index (χ2v) is 7.73. The van der Waals surface area contributed by atoms with Gasteiger partial charge in [0.05, 0.1) is 16.8 Å². The number of rotatable bonds is 5. The van der Waals surface area contributed by atoms with E-state index >= 15 is 0 Å². The highest BCUT2D eigenvalue weighted by atomic mass is 35.5. The monoisotopic (exact) mass is 476 g/mol. The van der Waals surface area contributed by atoms with Crippen molar-refractivity contribution in [2.45, 2.75) is 18.4 Å². The Morgan fingerprint density at radius 3 is 2.45 bits per heavy atom. The van der Waals surface area contributed by atoms with Crippen LogP contribution in [0.5, 0.6) is 0 Å². The van der Waals surface area contributed by atoms with E-state index in [0.29, 0.717) is 10.6 Å². The number of pyridine rings is 1. The van der Waals surface area contributed by atoms with Crippen LogP contribution >= 0.6 is 11.6 Å². The Bertz CT molecular complexity index is 1230. The van der Waals surface area contributed by atoms with E-state index in [4.69, 9.17) is 17.3 Å². The van der Waals surface area contributed by atoms with Gasteiger partial charge in [-0.25, -0.2) is 9.78 Å². The number of aromatic carboxylic acids is 1. The van der Waals surface area contributed by atoms with E-state index < -0.39 is 35.8 Å². The Labute approximate surface area is 190 Å². The number of alkyl halides is 3. The molecule has 0 aliphatic carbocycles. The number of aromatic nitrogens is 1. The minimum atomic E-state index is -4.65. The van der Waals surface area contributed by atoms with Gasteiger partial charge in [-0.1, -0.05) is 35.9 Å². The number of anilines is 2. The zero-order valence-electron chi connectivity index (χ0n) is 16.7. The second kappa shape index (κ2) is 8.28. The number of nitrogens with zero attached hydrogens (tertiary/aromatic N) is 2. The molecule has 11 heteroatoms. The van der Waals surface area contributed by atoms with Gasteiger partial charge in [0.1, 0.15) is 12.2 Å². The van der Waals surface area contributed by atoms with Crippen molar-refractivity contribution in [2.24, 2.45) is 5.73 Å². The SMILES string of the molecule is NC(=O)C(c1cccc(C(F)(F)F)c1)N1c2c(C(=O)O)ccnc2NC1c1ccc(Cl)cc1. The fourth-order valence-electron chi connectivity index (χ4n) is 3.84. The Kier molecular flexibility index (Phi) is 5.62. The number of fused-ring (bicyclic) bond motifs is 1. The number of amides is 1. The fraction of sp³-hybridized carbons (Fsp3) is 0.136. The maximum atomic E-state index is 13.4. The van der Waals surface area contributed by atoms with Gasteiger partial charge in [-0.05, 0) is 41.5 Å². The zero-order valence-corrected chi connectivity index (χ0v) is 17.4. The molecule has 2 unspecified atom stereocenters. The Morgan fingerprint density at radius 1 is 1.15 bits per heavy atom. The highest BCUT2D eigenvalue weighted by Gasteiger charge is 2.42. The molecule has 4 rings (SSSR count). The minimum Gasteiger partial charge on any atom is -0.478 e. The lowest BCUT2D eigenvalue weighted by atomic mass is 9.99. The molecule has 0 radical (unpaired) electrons. The highest BCUT2D eigenvalue weighted by molar-refractivity contribution is 6.30. The third-order valence-corrected chi connectivity index (χ3v) is 5.48. The number of primary amides is 1. The van der Waals surface area contributed by atoms with Crippen LogP contribution in [0.2, 0.25) is 5.02 Å². The second-order valence-electron chi connectivity index (χ2n) is 7.29. The van der Waals surface area contributed by atoms with Crippen molar-refractivity contribution in [2.75, 3.05) is 10.2 Å². The van der Waals surface area contributed by atoms with E-state index in [1.165, 1.54) is 23.2 Å². The van der Waals surface area contributed by atoms with Gasteiger partial charge in [0, 0.05) is 11.2 Å². The van der Waals surface area contributed by atoms with E-state index in [1.807, 2.05) is 0 Å². The molecular formula is C22H16ClF3N4O3. The number of carbonyl (C=O) groups is 2. The summed E-state index contributed by atoms with van der Waals surface area (Å²) in [6.45, 7) is 0. The Hall–Kier alpha value is -3.79. The van der Waals surface area contributed by atoms with Crippen molar-refractivity contribution in [1.29, 1.82) is 0 Å². The lowest BCUT2D eigenvalue weighted by Crippen LogP contribution is -2.40. The van der Waals surface area contributed by atoms with Crippen molar-refractivity contribution in [3.8, 4) is 0 Å². The predicted molar refractivity (Wildman–Crippen MR) is 115 cm³/mol. The molecule has 0 fully saturated rings. The normalized spacial score (nSPS) is 16.1. The molecule has 0 saturated heterocycles. The molecule has 0 saturated carbocycles. The molecule has 2 heterocycles. The molecule has 1 aliphatic heterocycles. The summed E-state index contributed by atoms with van der Waals surface area (Å²) in [6, 6.07) is 10.5. The quantitative estimate of drug-likeness (QED) is 0.496. The molecule has 3 aromatic rings. The van der Waals surface area contributed by atoms with E-state index in [0.717, 1.165) is 18.2 Å². The van der Waals surface area contributed by atoms with Crippen LogP contribution in [0.25, 0.3) is 0 Å². The maximum absolute atomic E-state index is 13.4. The summed E-state index contributed by atoms with van der Waals surface area (Å²) >= 11 is 5.97. The summed E-state index contributed by atoms with van der Waals surface area (Å²) < 4.78 is 40.1. The van der Waals surface area contributed by atoms with Crippen LogP contribution in [0.4, 0.5) is 24.7 Å². The first-order valence-corrected chi connectivity index (χ1v) is 9.95. The van der Waals surface area contributed by atoms with E-state index in [9.17, 15) is 27.9 Å². The summed E-state index contributed by atoms with van der Waals surface area (Å²) in [4.78, 5) is 30.1. The van der Waals surface area contributed by atoms with Crippen molar-refractivity contribution >= 4 is 35.0 Å². The minimum absolute atomic E-state index is 0.0335. The summed E-state index contributed by atoms with van der Waals surface area (Å²) in [6.07, 6.45) is -4.23. The van der Waals surface area contributed by atoms with Crippen LogP contribution in [0.15, 0.2) is 60.8 Å². The number of carboxylic acids is 1. The van der Waals surface area contributed by atoms with Gasteiger partial charge in [0.25, 0.3) is 0 Å². The van der Waals surface area contributed by atoms with Crippen molar-refractivity contribution < 1.29 is 27.9 Å².